The van der Waals surface area contributed by atoms with Crippen LogP contribution in [0.1, 0.15) is 36.8 Å². The summed E-state index contributed by atoms with van der Waals surface area (Å²) in [5, 5.41) is 0. The van der Waals surface area contributed by atoms with Crippen LogP contribution in [-0.4, -0.2) is 28.9 Å². The Hall–Kier alpha value is -1.59. The Kier molecular flexibility index (Phi) is 3.52. The second kappa shape index (κ2) is 4.75. The molecule has 1 aliphatic heterocycles. The lowest BCUT2D eigenvalue weighted by Gasteiger charge is -2.46. The Morgan fingerprint density at radius 1 is 1.25 bits per heavy atom. The fourth-order valence-corrected chi connectivity index (χ4v) is 2.04. The zero-order valence-corrected chi connectivity index (χ0v) is 11.7. The quantitative estimate of drug-likeness (QED) is 0.794. The van der Waals surface area contributed by atoms with Crippen LogP contribution in [-0.2, 0) is 6.18 Å². The van der Waals surface area contributed by atoms with Gasteiger partial charge in [-0.2, -0.15) is 13.2 Å². The lowest BCUT2D eigenvalue weighted by molar-refractivity contribution is -0.137. The monoisotopic (exact) mass is 286 g/mol. The first-order valence-corrected chi connectivity index (χ1v) is 6.41. The summed E-state index contributed by atoms with van der Waals surface area (Å²) in [4.78, 5) is 17.3. The van der Waals surface area contributed by atoms with E-state index in [1.807, 2.05) is 0 Å². The van der Waals surface area contributed by atoms with E-state index in [1.165, 1.54) is 0 Å². The molecule has 110 valence electrons. The Labute approximate surface area is 115 Å². The van der Waals surface area contributed by atoms with Gasteiger partial charge < -0.3 is 4.90 Å². The average Bonchev–Trinajstić information content (AvgIpc) is 2.24. The highest BCUT2D eigenvalue weighted by Gasteiger charge is 2.39. The number of alkyl halides is 3. The number of aromatic nitrogens is 1. The molecule has 0 aliphatic carbocycles. The molecular formula is C14H17F3N2O. The van der Waals surface area contributed by atoms with E-state index in [0.717, 1.165) is 12.1 Å². The van der Waals surface area contributed by atoms with Crippen molar-refractivity contribution in [3.05, 3.63) is 29.6 Å². The van der Waals surface area contributed by atoms with Crippen molar-refractivity contribution in [2.75, 3.05) is 13.1 Å². The summed E-state index contributed by atoms with van der Waals surface area (Å²) in [6.07, 6.45) is -3.73. The minimum absolute atomic E-state index is 0.0605. The molecule has 20 heavy (non-hydrogen) atoms. The van der Waals surface area contributed by atoms with Gasteiger partial charge in [-0.1, -0.05) is 20.8 Å². The van der Waals surface area contributed by atoms with Crippen LogP contribution < -0.4 is 0 Å². The van der Waals surface area contributed by atoms with Crippen LogP contribution >= 0.6 is 0 Å². The van der Waals surface area contributed by atoms with E-state index in [4.69, 9.17) is 0 Å². The van der Waals surface area contributed by atoms with E-state index in [0.29, 0.717) is 25.2 Å². The normalized spacial score (nSPS) is 17.0. The summed E-state index contributed by atoms with van der Waals surface area (Å²) in [6.45, 7) is 7.58. The van der Waals surface area contributed by atoms with Gasteiger partial charge in [0.15, 0.2) is 0 Å². The Morgan fingerprint density at radius 2 is 1.85 bits per heavy atom. The first-order chi connectivity index (χ1) is 9.09. The van der Waals surface area contributed by atoms with E-state index in [-0.39, 0.29) is 17.0 Å². The molecule has 0 spiro atoms. The van der Waals surface area contributed by atoms with Crippen molar-refractivity contribution in [1.29, 1.82) is 0 Å². The lowest BCUT2D eigenvalue weighted by Crippen LogP contribution is -2.54. The minimum atomic E-state index is -4.43. The first kappa shape index (κ1) is 14.8. The van der Waals surface area contributed by atoms with E-state index < -0.39 is 11.7 Å². The smallest absolute Gasteiger partial charge is 0.337 e. The van der Waals surface area contributed by atoms with E-state index in [1.54, 1.807) is 4.90 Å². The molecule has 2 heterocycles. The fourth-order valence-electron chi connectivity index (χ4n) is 2.04. The molecule has 2 rings (SSSR count). The predicted molar refractivity (Wildman–Crippen MR) is 68.1 cm³/mol. The van der Waals surface area contributed by atoms with Gasteiger partial charge in [-0.05, 0) is 23.5 Å². The maximum absolute atomic E-state index is 12.4. The number of halogens is 3. The van der Waals surface area contributed by atoms with Crippen molar-refractivity contribution in [1.82, 2.24) is 9.88 Å². The molecule has 0 unspecified atom stereocenters. The summed E-state index contributed by atoms with van der Waals surface area (Å²) in [5.74, 6) is 0.111. The largest absolute Gasteiger partial charge is 0.417 e. The van der Waals surface area contributed by atoms with Crippen LogP contribution in [0.5, 0.6) is 0 Å². The second-order valence-corrected chi connectivity index (χ2v) is 6.20. The predicted octanol–water partition coefficient (Wildman–Crippen LogP) is 3.22. The van der Waals surface area contributed by atoms with Gasteiger partial charge in [-0.15, -0.1) is 0 Å². The summed E-state index contributed by atoms with van der Waals surface area (Å²) in [7, 11) is 0. The van der Waals surface area contributed by atoms with Crippen molar-refractivity contribution in [3.8, 4) is 0 Å². The molecule has 1 aromatic rings. The second-order valence-electron chi connectivity index (χ2n) is 6.20. The highest BCUT2D eigenvalue weighted by molar-refractivity contribution is 5.92. The molecule has 6 heteroatoms. The molecule has 0 bridgehead atoms. The molecular weight excluding hydrogens is 269 g/mol. The molecule has 0 radical (unpaired) electrons. The first-order valence-electron chi connectivity index (χ1n) is 6.41. The lowest BCUT2D eigenvalue weighted by atomic mass is 9.76. The Balaban J connectivity index is 2.02. The van der Waals surface area contributed by atoms with E-state index in [2.05, 4.69) is 25.8 Å². The van der Waals surface area contributed by atoms with Gasteiger partial charge in [-0.3, -0.25) is 9.78 Å². The zero-order chi connectivity index (χ0) is 15.1. The topological polar surface area (TPSA) is 33.2 Å². The number of likely N-dealkylation sites (tertiary alicyclic amines) is 1. The fraction of sp³-hybridized carbons (Fsp3) is 0.571. The molecule has 0 atom stereocenters. The van der Waals surface area contributed by atoms with Gasteiger partial charge in [0, 0.05) is 19.3 Å². The molecule has 3 nitrogen and oxygen atoms in total. The van der Waals surface area contributed by atoms with Gasteiger partial charge in [0.1, 0.15) is 5.69 Å². The number of pyridine rings is 1. The number of carbonyl (C=O) groups excluding carboxylic acids is 1. The van der Waals surface area contributed by atoms with Crippen LogP contribution in [0.15, 0.2) is 18.3 Å². The summed E-state index contributed by atoms with van der Waals surface area (Å²) in [5.41, 5.74) is -0.653. The zero-order valence-electron chi connectivity index (χ0n) is 11.7. The maximum atomic E-state index is 12.4. The third-order valence-electron chi connectivity index (χ3n) is 3.70. The van der Waals surface area contributed by atoms with Crippen molar-refractivity contribution in [2.45, 2.75) is 26.9 Å². The number of hydrogen-bond acceptors (Lipinski definition) is 2. The molecule has 0 aromatic carbocycles. The van der Waals surface area contributed by atoms with E-state index >= 15 is 0 Å². The minimum Gasteiger partial charge on any atom is -0.337 e. The third kappa shape index (κ3) is 2.94. The standard InChI is InChI=1S/C14H17F3N2O/c1-13(2,3)10-7-19(8-10)12(20)11-5-4-9(6-18-11)14(15,16)17/h4-6,10H,7-8H2,1-3H3. The summed E-state index contributed by atoms with van der Waals surface area (Å²) < 4.78 is 37.2. The highest BCUT2D eigenvalue weighted by Crippen LogP contribution is 2.34. The highest BCUT2D eigenvalue weighted by atomic mass is 19.4. The van der Waals surface area contributed by atoms with Crippen LogP contribution in [0.3, 0.4) is 0 Å². The van der Waals surface area contributed by atoms with E-state index in [9.17, 15) is 18.0 Å². The van der Waals surface area contributed by atoms with Gasteiger partial charge >= 0.3 is 6.18 Å². The van der Waals surface area contributed by atoms with Crippen molar-refractivity contribution in [3.63, 3.8) is 0 Å². The van der Waals surface area contributed by atoms with Gasteiger partial charge in [0.25, 0.3) is 5.91 Å². The van der Waals surface area contributed by atoms with Crippen molar-refractivity contribution in [2.24, 2.45) is 11.3 Å². The van der Waals surface area contributed by atoms with Gasteiger partial charge in [-0.25, -0.2) is 0 Å². The molecule has 0 N–H and O–H groups in total. The Bertz CT molecular complexity index is 497. The van der Waals surface area contributed by atoms with Crippen LogP contribution in [0.4, 0.5) is 13.2 Å². The van der Waals surface area contributed by atoms with Crippen molar-refractivity contribution >= 4 is 5.91 Å². The summed E-state index contributed by atoms with van der Waals surface area (Å²) in [6, 6.07) is 2.02. The molecule has 1 aliphatic rings. The SMILES string of the molecule is CC(C)(C)C1CN(C(=O)c2ccc(C(F)(F)F)cn2)C1. The molecule has 1 saturated heterocycles. The third-order valence-corrected chi connectivity index (χ3v) is 3.70. The number of carbonyl (C=O) groups is 1. The van der Waals surface area contributed by atoms with Gasteiger partial charge in [0.2, 0.25) is 0 Å². The van der Waals surface area contributed by atoms with Crippen LogP contribution in [0, 0.1) is 11.3 Å². The number of nitrogens with zero attached hydrogens (tertiary/aromatic N) is 2. The van der Waals surface area contributed by atoms with Crippen LogP contribution in [0.2, 0.25) is 0 Å². The molecule has 0 saturated carbocycles. The number of hydrogen-bond donors (Lipinski definition) is 0. The van der Waals surface area contributed by atoms with Gasteiger partial charge in [0.05, 0.1) is 5.56 Å². The maximum Gasteiger partial charge on any atom is 0.417 e. The van der Waals surface area contributed by atoms with Crippen molar-refractivity contribution < 1.29 is 18.0 Å². The number of rotatable bonds is 1. The molecule has 1 fully saturated rings. The molecule has 1 amide bonds. The van der Waals surface area contributed by atoms with Crippen LogP contribution in [0.25, 0.3) is 0 Å². The number of amides is 1. The summed E-state index contributed by atoms with van der Waals surface area (Å²) >= 11 is 0. The average molecular weight is 286 g/mol. The Morgan fingerprint density at radius 3 is 2.25 bits per heavy atom. The molecule has 1 aromatic heterocycles.